The van der Waals surface area contributed by atoms with E-state index in [-0.39, 0.29) is 23.5 Å². The van der Waals surface area contributed by atoms with Crippen LogP contribution in [0.15, 0.2) is 33.5 Å². The molecule has 0 spiro atoms. The fraction of sp³-hybridized carbons (Fsp3) is 0.353. The van der Waals surface area contributed by atoms with Gasteiger partial charge in [-0.1, -0.05) is 19.1 Å². The standard InChI is InChI=1S/C17H20O5/c1-2-3-7-12-16(19)15-13(21-11-5-4-10-18)8-6-9-14(15)22-17(12)20/h3,6-9,18-19H,2,4-5,10-11H2,1H3. The summed E-state index contributed by atoms with van der Waals surface area (Å²) in [6, 6.07) is 5.03. The lowest BCUT2D eigenvalue weighted by Gasteiger charge is -2.10. The zero-order chi connectivity index (χ0) is 15.9. The summed E-state index contributed by atoms with van der Waals surface area (Å²) in [5.74, 6) is 0.330. The fourth-order valence-corrected chi connectivity index (χ4v) is 2.11. The van der Waals surface area contributed by atoms with Crippen molar-refractivity contribution in [2.24, 2.45) is 0 Å². The second-order valence-corrected chi connectivity index (χ2v) is 4.87. The van der Waals surface area contributed by atoms with Crippen molar-refractivity contribution in [2.45, 2.75) is 26.2 Å². The Morgan fingerprint density at radius 3 is 2.86 bits per heavy atom. The Labute approximate surface area is 128 Å². The van der Waals surface area contributed by atoms with Crippen LogP contribution in [0.4, 0.5) is 0 Å². The van der Waals surface area contributed by atoms with Crippen LogP contribution in [0.5, 0.6) is 11.5 Å². The van der Waals surface area contributed by atoms with Crippen molar-refractivity contribution in [2.75, 3.05) is 13.2 Å². The van der Waals surface area contributed by atoms with Crippen LogP contribution in [0, 0.1) is 0 Å². The van der Waals surface area contributed by atoms with Crippen LogP contribution < -0.4 is 10.4 Å². The molecule has 5 heteroatoms. The Bertz CT molecular complexity index is 715. The van der Waals surface area contributed by atoms with Crippen molar-refractivity contribution in [1.82, 2.24) is 0 Å². The third kappa shape index (κ3) is 3.49. The molecular formula is C17H20O5. The summed E-state index contributed by atoms with van der Waals surface area (Å²) in [5.41, 5.74) is -0.163. The van der Waals surface area contributed by atoms with Crippen LogP contribution >= 0.6 is 0 Å². The maximum Gasteiger partial charge on any atom is 0.347 e. The molecule has 0 aliphatic carbocycles. The first-order chi connectivity index (χ1) is 10.7. The maximum absolute atomic E-state index is 11.9. The van der Waals surface area contributed by atoms with Gasteiger partial charge in [0.2, 0.25) is 0 Å². The van der Waals surface area contributed by atoms with E-state index in [1.807, 2.05) is 6.92 Å². The van der Waals surface area contributed by atoms with Crippen molar-refractivity contribution in [3.63, 3.8) is 0 Å². The van der Waals surface area contributed by atoms with E-state index < -0.39 is 5.63 Å². The van der Waals surface area contributed by atoms with Crippen molar-refractivity contribution in [1.29, 1.82) is 0 Å². The van der Waals surface area contributed by atoms with Gasteiger partial charge in [0.15, 0.2) is 0 Å². The minimum absolute atomic E-state index is 0.116. The third-order valence-corrected chi connectivity index (χ3v) is 3.23. The number of benzene rings is 1. The summed E-state index contributed by atoms with van der Waals surface area (Å²) in [4.78, 5) is 11.9. The number of ether oxygens (including phenoxy) is 1. The largest absolute Gasteiger partial charge is 0.506 e. The van der Waals surface area contributed by atoms with Gasteiger partial charge in [0.05, 0.1) is 6.61 Å². The van der Waals surface area contributed by atoms with Gasteiger partial charge in [0, 0.05) is 6.61 Å². The van der Waals surface area contributed by atoms with Gasteiger partial charge in [0.25, 0.3) is 0 Å². The first-order valence-corrected chi connectivity index (χ1v) is 7.38. The number of aliphatic hydroxyl groups excluding tert-OH is 1. The highest BCUT2D eigenvalue weighted by Crippen LogP contribution is 2.34. The van der Waals surface area contributed by atoms with Crippen molar-refractivity contribution in [3.05, 3.63) is 40.3 Å². The molecule has 0 aliphatic rings. The van der Waals surface area contributed by atoms with Crippen molar-refractivity contribution >= 4 is 17.0 Å². The Balaban J connectivity index is 2.45. The van der Waals surface area contributed by atoms with E-state index in [1.54, 1.807) is 30.4 Å². The topological polar surface area (TPSA) is 79.9 Å². The summed E-state index contributed by atoms with van der Waals surface area (Å²) in [5, 5.41) is 19.6. The van der Waals surface area contributed by atoms with Crippen LogP contribution in [0.3, 0.4) is 0 Å². The van der Waals surface area contributed by atoms with Crippen LogP contribution in [0.25, 0.3) is 17.0 Å². The van der Waals surface area contributed by atoms with E-state index in [0.717, 1.165) is 6.42 Å². The van der Waals surface area contributed by atoms with Crippen molar-refractivity contribution < 1.29 is 19.4 Å². The molecule has 22 heavy (non-hydrogen) atoms. The molecule has 0 radical (unpaired) electrons. The summed E-state index contributed by atoms with van der Waals surface area (Å²) in [7, 11) is 0. The average Bonchev–Trinajstić information content (AvgIpc) is 2.51. The van der Waals surface area contributed by atoms with Crippen LogP contribution in [-0.4, -0.2) is 23.4 Å². The van der Waals surface area contributed by atoms with Gasteiger partial charge >= 0.3 is 5.63 Å². The predicted octanol–water partition coefficient (Wildman–Crippen LogP) is 3.07. The SMILES string of the molecule is CCC=Cc1c(O)c2c(OCCCCO)cccc2oc1=O. The quantitative estimate of drug-likeness (QED) is 0.607. The molecule has 0 aliphatic heterocycles. The molecule has 0 bridgehead atoms. The number of fused-ring (bicyclic) bond motifs is 1. The van der Waals surface area contributed by atoms with E-state index in [2.05, 4.69) is 0 Å². The molecule has 1 heterocycles. The molecule has 0 fully saturated rings. The number of aliphatic hydroxyl groups is 1. The number of hydrogen-bond acceptors (Lipinski definition) is 5. The molecule has 2 N–H and O–H groups in total. The molecule has 0 saturated carbocycles. The summed E-state index contributed by atoms with van der Waals surface area (Å²) in [6.45, 7) is 2.47. The second kappa shape index (κ2) is 7.66. The van der Waals surface area contributed by atoms with E-state index in [0.29, 0.717) is 30.6 Å². The van der Waals surface area contributed by atoms with E-state index in [1.165, 1.54) is 0 Å². The average molecular weight is 304 g/mol. The zero-order valence-corrected chi connectivity index (χ0v) is 12.5. The highest BCUT2D eigenvalue weighted by Gasteiger charge is 2.15. The van der Waals surface area contributed by atoms with Gasteiger partial charge in [-0.3, -0.25) is 0 Å². The first kappa shape index (κ1) is 16.1. The minimum Gasteiger partial charge on any atom is -0.506 e. The molecule has 0 unspecified atom stereocenters. The lowest BCUT2D eigenvalue weighted by Crippen LogP contribution is -2.05. The molecule has 0 saturated heterocycles. The van der Waals surface area contributed by atoms with E-state index >= 15 is 0 Å². The van der Waals surface area contributed by atoms with Gasteiger partial charge in [-0.2, -0.15) is 0 Å². The van der Waals surface area contributed by atoms with Gasteiger partial charge in [-0.25, -0.2) is 4.79 Å². The Morgan fingerprint density at radius 1 is 1.32 bits per heavy atom. The van der Waals surface area contributed by atoms with Crippen LogP contribution in [0.1, 0.15) is 31.7 Å². The number of unbranched alkanes of at least 4 members (excludes halogenated alkanes) is 1. The highest BCUT2D eigenvalue weighted by atomic mass is 16.5. The van der Waals surface area contributed by atoms with E-state index in [4.69, 9.17) is 14.3 Å². The number of aromatic hydroxyl groups is 1. The summed E-state index contributed by atoms with van der Waals surface area (Å²) >= 11 is 0. The Hall–Kier alpha value is -2.27. The molecule has 2 aromatic rings. The smallest absolute Gasteiger partial charge is 0.347 e. The van der Waals surface area contributed by atoms with Crippen LogP contribution in [-0.2, 0) is 0 Å². The Morgan fingerprint density at radius 2 is 2.14 bits per heavy atom. The predicted molar refractivity (Wildman–Crippen MR) is 85.3 cm³/mol. The number of allylic oxidation sites excluding steroid dienone is 1. The molecule has 1 aromatic carbocycles. The molecule has 2 rings (SSSR count). The molecule has 118 valence electrons. The molecular weight excluding hydrogens is 284 g/mol. The zero-order valence-electron chi connectivity index (χ0n) is 12.5. The molecule has 1 aromatic heterocycles. The van der Waals surface area contributed by atoms with E-state index in [9.17, 15) is 9.90 Å². The van der Waals surface area contributed by atoms with Gasteiger partial charge in [-0.05, 0) is 37.5 Å². The maximum atomic E-state index is 11.9. The highest BCUT2D eigenvalue weighted by molar-refractivity contribution is 5.91. The summed E-state index contributed by atoms with van der Waals surface area (Å²) < 4.78 is 10.9. The number of hydrogen-bond donors (Lipinski definition) is 2. The van der Waals surface area contributed by atoms with Crippen LogP contribution in [0.2, 0.25) is 0 Å². The van der Waals surface area contributed by atoms with Gasteiger partial charge < -0.3 is 19.4 Å². The monoisotopic (exact) mass is 304 g/mol. The summed E-state index contributed by atoms with van der Waals surface area (Å²) in [6.07, 6.45) is 5.44. The second-order valence-electron chi connectivity index (χ2n) is 4.87. The third-order valence-electron chi connectivity index (χ3n) is 3.23. The lowest BCUT2D eigenvalue weighted by atomic mass is 10.1. The van der Waals surface area contributed by atoms with Gasteiger partial charge in [-0.15, -0.1) is 0 Å². The molecule has 0 atom stereocenters. The fourth-order valence-electron chi connectivity index (χ4n) is 2.11. The van der Waals surface area contributed by atoms with Gasteiger partial charge in [0.1, 0.15) is 28.0 Å². The minimum atomic E-state index is -0.577. The lowest BCUT2D eigenvalue weighted by molar-refractivity contribution is 0.254. The normalized spacial score (nSPS) is 11.4. The molecule has 0 amide bonds. The number of rotatable bonds is 7. The molecule has 5 nitrogen and oxygen atoms in total. The van der Waals surface area contributed by atoms with Crippen molar-refractivity contribution in [3.8, 4) is 11.5 Å². The first-order valence-electron chi connectivity index (χ1n) is 7.38. The Kier molecular flexibility index (Phi) is 5.61.